The van der Waals surface area contributed by atoms with Crippen LogP contribution < -0.4 is 4.43 Å². The van der Waals surface area contributed by atoms with Gasteiger partial charge in [-0.3, -0.25) is 0 Å². The molecule has 1 aromatic rings. The van der Waals surface area contributed by atoms with Crippen LogP contribution in [0.5, 0.6) is 5.75 Å². The first-order chi connectivity index (χ1) is 7.43. The average Bonchev–Trinajstić information content (AvgIpc) is 2.12. The highest BCUT2D eigenvalue weighted by atomic mass is 28.4. The molecule has 4 heteroatoms. The van der Waals surface area contributed by atoms with Gasteiger partial charge in [0.25, 0.3) is 0 Å². The molecule has 0 fully saturated rings. The number of hydrogen-bond acceptors (Lipinski definition) is 1. The molecule has 0 saturated carbocycles. The molecular formula is C12H18F2OSi. The van der Waals surface area contributed by atoms with Crippen LogP contribution >= 0.6 is 0 Å². The zero-order chi connectivity index (χ0) is 12.2. The van der Waals surface area contributed by atoms with E-state index in [1.54, 1.807) is 0 Å². The second-order valence-electron chi connectivity index (χ2n) is 4.57. The zero-order valence-electron chi connectivity index (χ0n) is 10.0. The fourth-order valence-electron chi connectivity index (χ4n) is 1.56. The van der Waals surface area contributed by atoms with E-state index >= 15 is 0 Å². The minimum absolute atomic E-state index is 0.310. The van der Waals surface area contributed by atoms with E-state index in [4.69, 9.17) is 4.43 Å². The van der Waals surface area contributed by atoms with Crippen LogP contribution in [0.25, 0.3) is 0 Å². The van der Waals surface area contributed by atoms with Gasteiger partial charge in [-0.1, -0.05) is 19.8 Å². The van der Waals surface area contributed by atoms with Gasteiger partial charge in [0.05, 0.1) is 0 Å². The lowest BCUT2D eigenvalue weighted by Crippen LogP contribution is -2.33. The summed E-state index contributed by atoms with van der Waals surface area (Å²) in [4.78, 5) is 0. The molecule has 0 atom stereocenters. The number of benzene rings is 1. The van der Waals surface area contributed by atoms with Crippen LogP contribution in [0, 0.1) is 11.6 Å². The van der Waals surface area contributed by atoms with Gasteiger partial charge in [-0.05, 0) is 19.1 Å². The van der Waals surface area contributed by atoms with Crippen molar-refractivity contribution in [2.24, 2.45) is 0 Å². The highest BCUT2D eigenvalue weighted by molar-refractivity contribution is 6.71. The van der Waals surface area contributed by atoms with Crippen LogP contribution in [0.1, 0.15) is 19.8 Å². The maximum absolute atomic E-state index is 13.0. The number of hydrogen-bond donors (Lipinski definition) is 0. The summed E-state index contributed by atoms with van der Waals surface area (Å²) in [7, 11) is -1.84. The van der Waals surface area contributed by atoms with Crippen LogP contribution in [-0.2, 0) is 0 Å². The Labute approximate surface area is 96.6 Å². The molecular weight excluding hydrogens is 226 g/mol. The third kappa shape index (κ3) is 4.31. The summed E-state index contributed by atoms with van der Waals surface area (Å²) in [6.45, 7) is 6.24. The molecule has 0 spiro atoms. The predicted molar refractivity (Wildman–Crippen MR) is 64.2 cm³/mol. The van der Waals surface area contributed by atoms with Crippen molar-refractivity contribution >= 4 is 8.32 Å². The van der Waals surface area contributed by atoms with Gasteiger partial charge >= 0.3 is 0 Å². The average molecular weight is 244 g/mol. The lowest BCUT2D eigenvalue weighted by atomic mass is 10.3. The molecule has 90 valence electrons. The monoisotopic (exact) mass is 244 g/mol. The van der Waals surface area contributed by atoms with Crippen LogP contribution in [-0.4, -0.2) is 8.32 Å². The number of halogens is 2. The smallest absolute Gasteiger partial charge is 0.245 e. The molecule has 0 bridgehead atoms. The van der Waals surface area contributed by atoms with Gasteiger partial charge in [0, 0.05) is 18.2 Å². The van der Waals surface area contributed by atoms with E-state index in [2.05, 4.69) is 20.0 Å². The second-order valence-corrected chi connectivity index (χ2v) is 8.79. The summed E-state index contributed by atoms with van der Waals surface area (Å²) in [5, 5.41) is 0. The Morgan fingerprint density at radius 3 is 2.19 bits per heavy atom. The van der Waals surface area contributed by atoms with E-state index in [1.807, 2.05) is 0 Å². The van der Waals surface area contributed by atoms with Crippen LogP contribution in [0.15, 0.2) is 18.2 Å². The molecule has 16 heavy (non-hydrogen) atoms. The predicted octanol–water partition coefficient (Wildman–Crippen LogP) is 4.35. The standard InChI is InChI=1S/C12H18F2OSi/c1-4-5-6-16(2,3)15-12-8-10(13)7-11(14)9-12/h7-9H,4-6H2,1-3H3. The van der Waals surface area contributed by atoms with Gasteiger partial charge in [0.2, 0.25) is 8.32 Å². The van der Waals surface area contributed by atoms with Crippen molar-refractivity contribution in [2.75, 3.05) is 0 Å². The normalized spacial score (nSPS) is 11.6. The first kappa shape index (κ1) is 13.2. The van der Waals surface area contributed by atoms with Crippen molar-refractivity contribution in [1.29, 1.82) is 0 Å². The van der Waals surface area contributed by atoms with Crippen molar-refractivity contribution in [1.82, 2.24) is 0 Å². The van der Waals surface area contributed by atoms with Crippen molar-refractivity contribution < 1.29 is 13.2 Å². The van der Waals surface area contributed by atoms with Gasteiger partial charge in [0.15, 0.2) is 0 Å². The molecule has 0 aliphatic carbocycles. The van der Waals surface area contributed by atoms with Crippen molar-refractivity contribution in [3.8, 4) is 5.75 Å². The molecule has 0 unspecified atom stereocenters. The summed E-state index contributed by atoms with van der Waals surface area (Å²) < 4.78 is 31.6. The molecule has 0 heterocycles. The zero-order valence-corrected chi connectivity index (χ0v) is 11.0. The van der Waals surface area contributed by atoms with Crippen LogP contribution in [0.2, 0.25) is 19.1 Å². The van der Waals surface area contributed by atoms with E-state index in [0.29, 0.717) is 5.75 Å². The Bertz CT molecular complexity index is 333. The van der Waals surface area contributed by atoms with E-state index in [0.717, 1.165) is 25.0 Å². The molecule has 1 nitrogen and oxygen atoms in total. The first-order valence-corrected chi connectivity index (χ1v) is 8.69. The summed E-state index contributed by atoms with van der Waals surface area (Å²) in [5.74, 6) is -0.865. The van der Waals surface area contributed by atoms with Gasteiger partial charge in [0.1, 0.15) is 17.4 Å². The molecule has 0 aromatic heterocycles. The Morgan fingerprint density at radius 1 is 1.12 bits per heavy atom. The summed E-state index contributed by atoms with van der Waals surface area (Å²) in [6.07, 6.45) is 2.20. The molecule has 1 aromatic carbocycles. The van der Waals surface area contributed by atoms with E-state index in [1.165, 1.54) is 12.1 Å². The second kappa shape index (κ2) is 5.43. The summed E-state index contributed by atoms with van der Waals surface area (Å²) >= 11 is 0. The number of unbranched alkanes of at least 4 members (excludes halogenated alkanes) is 1. The molecule has 0 saturated heterocycles. The van der Waals surface area contributed by atoms with Gasteiger partial charge < -0.3 is 4.43 Å². The molecule has 1 rings (SSSR count). The minimum Gasteiger partial charge on any atom is -0.544 e. The summed E-state index contributed by atoms with van der Waals surface area (Å²) in [5.41, 5.74) is 0. The maximum Gasteiger partial charge on any atom is 0.245 e. The Balaban J connectivity index is 2.71. The van der Waals surface area contributed by atoms with Gasteiger partial charge in [-0.25, -0.2) is 8.78 Å². The van der Waals surface area contributed by atoms with Crippen molar-refractivity contribution in [2.45, 2.75) is 38.9 Å². The highest BCUT2D eigenvalue weighted by Crippen LogP contribution is 2.22. The Kier molecular flexibility index (Phi) is 4.47. The lowest BCUT2D eigenvalue weighted by molar-refractivity contribution is 0.516. The SMILES string of the molecule is CCCC[Si](C)(C)Oc1cc(F)cc(F)c1. The fraction of sp³-hybridized carbons (Fsp3) is 0.500. The third-order valence-electron chi connectivity index (χ3n) is 2.36. The molecule has 0 radical (unpaired) electrons. The molecule has 0 aliphatic heterocycles. The van der Waals surface area contributed by atoms with Gasteiger partial charge in [-0.15, -0.1) is 0 Å². The Morgan fingerprint density at radius 2 is 1.69 bits per heavy atom. The quantitative estimate of drug-likeness (QED) is 0.700. The van der Waals surface area contributed by atoms with E-state index in [-0.39, 0.29) is 0 Å². The largest absolute Gasteiger partial charge is 0.544 e. The highest BCUT2D eigenvalue weighted by Gasteiger charge is 2.23. The molecule has 0 amide bonds. The topological polar surface area (TPSA) is 9.23 Å². The van der Waals surface area contributed by atoms with Crippen molar-refractivity contribution in [3.63, 3.8) is 0 Å². The fourth-order valence-corrected chi connectivity index (χ4v) is 3.62. The van der Waals surface area contributed by atoms with Crippen molar-refractivity contribution in [3.05, 3.63) is 29.8 Å². The van der Waals surface area contributed by atoms with E-state index < -0.39 is 20.0 Å². The van der Waals surface area contributed by atoms with Crippen LogP contribution in [0.4, 0.5) is 8.78 Å². The summed E-state index contributed by atoms with van der Waals surface area (Å²) in [6, 6.07) is 4.34. The first-order valence-electron chi connectivity index (χ1n) is 5.58. The molecule has 0 N–H and O–H groups in total. The van der Waals surface area contributed by atoms with Gasteiger partial charge in [-0.2, -0.15) is 0 Å². The van der Waals surface area contributed by atoms with E-state index in [9.17, 15) is 8.78 Å². The molecule has 0 aliphatic rings. The van der Waals surface area contributed by atoms with Crippen LogP contribution in [0.3, 0.4) is 0 Å². The minimum atomic E-state index is -1.84. The Hall–Kier alpha value is -0.903. The third-order valence-corrected chi connectivity index (χ3v) is 4.71. The maximum atomic E-state index is 13.0. The lowest BCUT2D eigenvalue weighted by Gasteiger charge is -2.24. The number of rotatable bonds is 5.